The van der Waals surface area contributed by atoms with Gasteiger partial charge in [0.05, 0.1) is 17.0 Å². The van der Waals surface area contributed by atoms with Crippen molar-refractivity contribution in [2.75, 3.05) is 5.75 Å². The highest BCUT2D eigenvalue weighted by Gasteiger charge is 2.33. The molecule has 1 N–H and O–H groups in total. The average Bonchev–Trinajstić information content (AvgIpc) is 2.69. The first-order chi connectivity index (χ1) is 8.88. The quantitative estimate of drug-likeness (QED) is 0.940. The lowest BCUT2D eigenvalue weighted by Crippen LogP contribution is -2.07. The van der Waals surface area contributed by atoms with Crippen molar-refractivity contribution in [1.29, 1.82) is 0 Å². The lowest BCUT2D eigenvalue weighted by molar-refractivity contribution is -0.136. The second-order valence-electron chi connectivity index (χ2n) is 3.77. The third-order valence-corrected chi connectivity index (χ3v) is 3.26. The van der Waals surface area contributed by atoms with Crippen LogP contribution in [0.1, 0.15) is 11.3 Å². The van der Waals surface area contributed by atoms with Crippen molar-refractivity contribution < 1.29 is 23.1 Å². The summed E-state index contributed by atoms with van der Waals surface area (Å²) in [6.45, 7) is 0. The lowest BCUT2D eigenvalue weighted by atomic mass is 10.2. The largest absolute Gasteiger partial charge is 0.481 e. The summed E-state index contributed by atoms with van der Waals surface area (Å²) in [7, 11) is 0. The minimum atomic E-state index is -4.46. The van der Waals surface area contributed by atoms with E-state index in [1.165, 1.54) is 22.9 Å². The zero-order valence-electron chi connectivity index (χ0n) is 9.52. The van der Waals surface area contributed by atoms with Gasteiger partial charge in [0.2, 0.25) is 0 Å². The smallest absolute Gasteiger partial charge is 0.419 e. The van der Waals surface area contributed by atoms with Crippen molar-refractivity contribution in [2.24, 2.45) is 0 Å². The molecule has 102 valence electrons. The summed E-state index contributed by atoms with van der Waals surface area (Å²) >= 11 is 1.09. The number of carboxylic acid groups (broad SMARTS) is 1. The molecule has 0 saturated heterocycles. The van der Waals surface area contributed by atoms with E-state index in [2.05, 4.69) is 4.98 Å². The van der Waals surface area contributed by atoms with Gasteiger partial charge in [-0.15, -0.1) is 11.8 Å². The molecular weight excluding hydrogens is 281 g/mol. The molecule has 0 aliphatic rings. The Morgan fingerprint density at radius 1 is 1.47 bits per heavy atom. The van der Waals surface area contributed by atoms with Crippen molar-refractivity contribution in [1.82, 2.24) is 9.38 Å². The number of carboxylic acids is 1. The zero-order chi connectivity index (χ0) is 14.0. The Labute approximate surface area is 110 Å². The summed E-state index contributed by atoms with van der Waals surface area (Å²) in [5.41, 5.74) is -0.548. The number of halogens is 3. The Bertz CT molecular complexity index is 609. The van der Waals surface area contributed by atoms with E-state index in [0.717, 1.165) is 17.8 Å². The number of thioether (sulfide) groups is 1. The topological polar surface area (TPSA) is 54.6 Å². The number of alkyl halides is 3. The molecule has 0 fully saturated rings. The number of carbonyl (C=O) groups is 1. The van der Waals surface area contributed by atoms with E-state index in [4.69, 9.17) is 5.11 Å². The second-order valence-corrected chi connectivity index (χ2v) is 4.75. The van der Waals surface area contributed by atoms with Crippen LogP contribution in [0, 0.1) is 0 Å². The molecule has 2 aromatic rings. The summed E-state index contributed by atoms with van der Waals surface area (Å²) in [5.74, 6) is -0.824. The Morgan fingerprint density at radius 2 is 2.21 bits per heavy atom. The molecule has 0 amide bonds. The highest BCUT2D eigenvalue weighted by Crippen LogP contribution is 2.32. The number of nitrogens with zero attached hydrogens (tertiary/aromatic N) is 2. The zero-order valence-corrected chi connectivity index (χ0v) is 10.3. The molecule has 8 heteroatoms. The summed E-state index contributed by atoms with van der Waals surface area (Å²) in [4.78, 5) is 14.3. The van der Waals surface area contributed by atoms with Crippen LogP contribution in [0.15, 0.2) is 24.5 Å². The minimum absolute atomic E-state index is 0.111. The Hall–Kier alpha value is -1.70. The third kappa shape index (κ3) is 3.19. The molecule has 0 bridgehead atoms. The molecule has 0 radical (unpaired) electrons. The van der Waals surface area contributed by atoms with Crippen molar-refractivity contribution in [2.45, 2.75) is 11.9 Å². The van der Waals surface area contributed by atoms with Crippen LogP contribution in [0.3, 0.4) is 0 Å². The van der Waals surface area contributed by atoms with Crippen molar-refractivity contribution in [3.05, 3.63) is 35.8 Å². The molecular formula is C11H9F3N2O2S. The number of fused-ring (bicyclic) bond motifs is 1. The molecule has 2 aromatic heterocycles. The third-order valence-electron chi connectivity index (χ3n) is 2.31. The van der Waals surface area contributed by atoms with Gasteiger partial charge in [-0.05, 0) is 12.1 Å². The number of aliphatic carboxylic acids is 1. The normalized spacial score (nSPS) is 11.9. The predicted molar refractivity (Wildman–Crippen MR) is 64.0 cm³/mol. The molecule has 0 atom stereocenters. The number of aromatic nitrogens is 2. The standard InChI is InChI=1S/C11H9F3N2O2S/c12-11(13,14)8-2-1-3-16-4-7(15-10(8)16)5-19-6-9(17)18/h1-4H,5-6H2,(H,17,18). The fourth-order valence-electron chi connectivity index (χ4n) is 1.60. The van der Waals surface area contributed by atoms with Gasteiger partial charge in [-0.1, -0.05) is 0 Å². The van der Waals surface area contributed by atoms with Gasteiger partial charge < -0.3 is 9.51 Å². The summed E-state index contributed by atoms with van der Waals surface area (Å²) in [6, 6.07) is 2.27. The molecule has 0 aliphatic heterocycles. The van der Waals surface area contributed by atoms with Gasteiger partial charge in [0.1, 0.15) is 5.65 Å². The van der Waals surface area contributed by atoms with Crippen LogP contribution in [-0.4, -0.2) is 26.2 Å². The van der Waals surface area contributed by atoms with E-state index in [0.29, 0.717) is 5.69 Å². The molecule has 19 heavy (non-hydrogen) atoms. The van der Waals surface area contributed by atoms with Gasteiger partial charge >= 0.3 is 12.1 Å². The maximum absolute atomic E-state index is 12.7. The number of hydrogen-bond donors (Lipinski definition) is 1. The van der Waals surface area contributed by atoms with Crippen LogP contribution in [-0.2, 0) is 16.7 Å². The van der Waals surface area contributed by atoms with Crippen LogP contribution in [0.25, 0.3) is 5.65 Å². The molecule has 4 nitrogen and oxygen atoms in total. The molecule has 2 heterocycles. The molecule has 2 rings (SSSR count). The highest BCUT2D eigenvalue weighted by atomic mass is 32.2. The molecule has 0 aromatic carbocycles. The minimum Gasteiger partial charge on any atom is -0.481 e. The van der Waals surface area contributed by atoms with Gasteiger partial charge in [-0.25, -0.2) is 4.98 Å². The monoisotopic (exact) mass is 290 g/mol. The molecule has 0 saturated carbocycles. The van der Waals surface area contributed by atoms with E-state index in [1.54, 1.807) is 0 Å². The van der Waals surface area contributed by atoms with Gasteiger partial charge in [0.25, 0.3) is 0 Å². The van der Waals surface area contributed by atoms with Crippen LogP contribution in [0.2, 0.25) is 0 Å². The van der Waals surface area contributed by atoms with Gasteiger partial charge in [0.15, 0.2) is 0 Å². The SMILES string of the molecule is O=C(O)CSCc1cn2cccc(C(F)(F)F)c2n1. The first-order valence-electron chi connectivity index (χ1n) is 5.21. The van der Waals surface area contributed by atoms with Crippen LogP contribution in [0.4, 0.5) is 13.2 Å². The Morgan fingerprint density at radius 3 is 2.84 bits per heavy atom. The fourth-order valence-corrected chi connectivity index (χ4v) is 2.22. The van der Waals surface area contributed by atoms with E-state index in [9.17, 15) is 18.0 Å². The number of hydrogen-bond acceptors (Lipinski definition) is 3. The maximum atomic E-state index is 12.7. The van der Waals surface area contributed by atoms with Crippen molar-refractivity contribution in [3.63, 3.8) is 0 Å². The van der Waals surface area contributed by atoms with E-state index in [1.807, 2.05) is 0 Å². The molecule has 0 unspecified atom stereocenters. The average molecular weight is 290 g/mol. The molecule has 0 aliphatic carbocycles. The lowest BCUT2D eigenvalue weighted by Gasteiger charge is -2.06. The molecule has 0 spiro atoms. The van der Waals surface area contributed by atoms with Gasteiger partial charge in [-0.3, -0.25) is 4.79 Å². The van der Waals surface area contributed by atoms with Crippen LogP contribution in [0.5, 0.6) is 0 Å². The first kappa shape index (κ1) is 13.7. The first-order valence-corrected chi connectivity index (χ1v) is 6.37. The van der Waals surface area contributed by atoms with E-state index >= 15 is 0 Å². The number of rotatable bonds is 4. The number of pyridine rings is 1. The van der Waals surface area contributed by atoms with Crippen molar-refractivity contribution >= 4 is 23.4 Å². The van der Waals surface area contributed by atoms with E-state index in [-0.39, 0.29) is 17.2 Å². The second kappa shape index (κ2) is 5.12. The number of imidazole rings is 1. The van der Waals surface area contributed by atoms with Crippen LogP contribution < -0.4 is 0 Å². The van der Waals surface area contributed by atoms with Crippen molar-refractivity contribution in [3.8, 4) is 0 Å². The highest BCUT2D eigenvalue weighted by molar-refractivity contribution is 7.99. The predicted octanol–water partition coefficient (Wildman–Crippen LogP) is 2.67. The van der Waals surface area contributed by atoms with Crippen LogP contribution >= 0.6 is 11.8 Å². The van der Waals surface area contributed by atoms with Gasteiger partial charge in [0, 0.05) is 18.1 Å². The summed E-state index contributed by atoms with van der Waals surface area (Å²) in [5, 5.41) is 8.49. The fraction of sp³-hybridized carbons (Fsp3) is 0.273. The maximum Gasteiger partial charge on any atom is 0.419 e. The summed E-state index contributed by atoms with van der Waals surface area (Å²) in [6.07, 6.45) is -1.51. The van der Waals surface area contributed by atoms with Gasteiger partial charge in [-0.2, -0.15) is 13.2 Å². The Balaban J connectivity index is 2.28. The summed E-state index contributed by atoms with van der Waals surface area (Å²) < 4.78 is 39.5. The Kier molecular flexibility index (Phi) is 3.70. The van der Waals surface area contributed by atoms with E-state index < -0.39 is 17.7 Å².